The molecule has 6 nitrogen and oxygen atoms in total. The first-order chi connectivity index (χ1) is 5.95. The first-order valence-corrected chi connectivity index (χ1v) is 5.42. The van der Waals surface area contributed by atoms with Crippen molar-refractivity contribution in [3.05, 3.63) is 5.69 Å². The van der Waals surface area contributed by atoms with Crippen molar-refractivity contribution in [2.45, 2.75) is 11.1 Å². The minimum absolute atomic E-state index is 0.0310. The third-order valence-corrected chi connectivity index (χ3v) is 3.74. The first-order valence-electron chi connectivity index (χ1n) is 3.05. The van der Waals surface area contributed by atoms with Gasteiger partial charge in [0.05, 0.1) is 5.69 Å². The van der Waals surface area contributed by atoms with Gasteiger partial charge in [-0.05, 0) is 6.92 Å². The van der Waals surface area contributed by atoms with E-state index in [-0.39, 0.29) is 21.6 Å². The molecule has 0 spiro atoms. The molecule has 0 amide bonds. The molecule has 0 fully saturated rings. The summed E-state index contributed by atoms with van der Waals surface area (Å²) in [6.45, 7) is 1.64. The Balaban J connectivity index is 3.18. The fraction of sp³-hybridized carbons (Fsp3) is 0.200. The smallest absolute Gasteiger partial charge is 0.300 e. The van der Waals surface area contributed by atoms with Gasteiger partial charge in [0.15, 0.2) is 4.21 Å². The van der Waals surface area contributed by atoms with Gasteiger partial charge in [-0.2, -0.15) is 0 Å². The molecule has 2 N–H and O–H groups in total. The van der Waals surface area contributed by atoms with Crippen LogP contribution in [0.15, 0.2) is 4.21 Å². The lowest BCUT2D eigenvalue weighted by molar-refractivity contribution is -0.120. The molecular weight excluding hydrogens is 216 g/mol. The molecule has 1 heterocycles. The maximum Gasteiger partial charge on any atom is 0.300 e. The van der Waals surface area contributed by atoms with Crippen molar-refractivity contribution in [3.63, 3.8) is 0 Å². The quantitative estimate of drug-likeness (QED) is 0.703. The summed E-state index contributed by atoms with van der Waals surface area (Å²) in [6.07, 6.45) is 0. The third-order valence-electron chi connectivity index (χ3n) is 1.14. The standard InChI is InChI=1S/C5H6N2O4S2/c1-3-4(13(6,9)10)12-5(7-3)11-2-8/h2H,1H3,(H2,6,9,10). The zero-order valence-electron chi connectivity index (χ0n) is 6.55. The number of primary sulfonamides is 1. The summed E-state index contributed by atoms with van der Waals surface area (Å²) in [4.78, 5) is 13.6. The van der Waals surface area contributed by atoms with E-state index in [0.29, 0.717) is 11.3 Å². The average molecular weight is 222 g/mol. The molecule has 8 heteroatoms. The second kappa shape index (κ2) is 3.40. The Morgan fingerprint density at radius 2 is 2.23 bits per heavy atom. The molecule has 1 rings (SSSR count). The normalized spacial score (nSPS) is 11.2. The third kappa shape index (κ3) is 2.23. The lowest BCUT2D eigenvalue weighted by atomic mass is 10.6. The molecule has 72 valence electrons. The van der Waals surface area contributed by atoms with Crippen LogP contribution in [0.3, 0.4) is 0 Å². The van der Waals surface area contributed by atoms with Crippen molar-refractivity contribution in [2.75, 3.05) is 0 Å². The number of nitrogens with zero attached hydrogens (tertiary/aromatic N) is 1. The number of carbonyl (C=O) groups is 1. The summed E-state index contributed by atoms with van der Waals surface area (Å²) in [6, 6.07) is 0. The van der Waals surface area contributed by atoms with Gasteiger partial charge in [-0.3, -0.25) is 4.79 Å². The summed E-state index contributed by atoms with van der Waals surface area (Å²) >= 11 is 0.713. The van der Waals surface area contributed by atoms with Crippen LogP contribution >= 0.6 is 11.3 Å². The number of aryl methyl sites for hydroxylation is 1. The molecule has 1 aromatic rings. The molecule has 0 atom stereocenters. The van der Waals surface area contributed by atoms with Crippen LogP contribution in [-0.2, 0) is 14.8 Å². The molecule has 13 heavy (non-hydrogen) atoms. The van der Waals surface area contributed by atoms with Crippen molar-refractivity contribution < 1.29 is 17.9 Å². The molecule has 0 aliphatic heterocycles. The predicted octanol–water partition coefficient (Wildman–Crippen LogP) is -0.366. The van der Waals surface area contributed by atoms with Gasteiger partial charge in [0.2, 0.25) is 10.0 Å². The number of hydrogen-bond donors (Lipinski definition) is 1. The van der Waals surface area contributed by atoms with Crippen molar-refractivity contribution in [1.82, 2.24) is 4.98 Å². The fourth-order valence-electron chi connectivity index (χ4n) is 0.714. The minimum atomic E-state index is -3.77. The van der Waals surface area contributed by atoms with Crippen LogP contribution < -0.4 is 9.88 Å². The summed E-state index contributed by atoms with van der Waals surface area (Å²) in [5, 5.41) is 4.83. The molecule has 0 bridgehead atoms. The first kappa shape index (κ1) is 10.1. The van der Waals surface area contributed by atoms with Gasteiger partial charge >= 0.3 is 0 Å². The average Bonchev–Trinajstić information content (AvgIpc) is 2.30. The Kier molecular flexibility index (Phi) is 2.64. The largest absolute Gasteiger partial charge is 0.400 e. The number of sulfonamides is 1. The van der Waals surface area contributed by atoms with E-state index in [4.69, 9.17) is 5.14 Å². The summed E-state index contributed by atoms with van der Waals surface area (Å²) in [5.74, 6) is 0. The number of hydrogen-bond acceptors (Lipinski definition) is 6. The van der Waals surface area contributed by atoms with Crippen LogP contribution in [0, 0.1) is 6.92 Å². The Hall–Kier alpha value is -0.990. The zero-order valence-corrected chi connectivity index (χ0v) is 8.18. The molecular formula is C5H6N2O4S2. The van der Waals surface area contributed by atoms with Gasteiger partial charge in [-0.1, -0.05) is 11.3 Å². The van der Waals surface area contributed by atoms with Crippen LogP contribution in [0.5, 0.6) is 5.19 Å². The minimum Gasteiger partial charge on any atom is -0.400 e. The van der Waals surface area contributed by atoms with E-state index in [9.17, 15) is 13.2 Å². The molecule has 0 aliphatic rings. The van der Waals surface area contributed by atoms with E-state index >= 15 is 0 Å². The van der Waals surface area contributed by atoms with E-state index in [1.165, 1.54) is 6.92 Å². The summed E-state index contributed by atoms with van der Waals surface area (Å²) in [7, 11) is -3.77. The van der Waals surface area contributed by atoms with E-state index in [1.807, 2.05) is 0 Å². The molecule has 0 saturated carbocycles. The highest BCUT2D eigenvalue weighted by Gasteiger charge is 2.18. The van der Waals surface area contributed by atoms with Gasteiger partial charge < -0.3 is 4.74 Å². The van der Waals surface area contributed by atoms with Crippen molar-refractivity contribution in [2.24, 2.45) is 5.14 Å². The fourth-order valence-corrected chi connectivity index (χ4v) is 2.47. The highest BCUT2D eigenvalue weighted by Crippen LogP contribution is 2.27. The number of rotatable bonds is 3. The molecule has 0 aliphatic carbocycles. The van der Waals surface area contributed by atoms with E-state index < -0.39 is 10.0 Å². The predicted molar refractivity (Wildman–Crippen MR) is 44.9 cm³/mol. The summed E-state index contributed by atoms with van der Waals surface area (Å²) < 4.78 is 26.0. The molecule has 0 unspecified atom stereocenters. The topological polar surface area (TPSA) is 99.3 Å². The molecule has 1 aromatic heterocycles. The maximum absolute atomic E-state index is 10.9. The Labute approximate surface area is 78.4 Å². The maximum atomic E-state index is 10.9. The van der Waals surface area contributed by atoms with Crippen molar-refractivity contribution >= 4 is 27.8 Å². The lowest BCUT2D eigenvalue weighted by Crippen LogP contribution is -2.11. The second-order valence-electron chi connectivity index (χ2n) is 2.11. The number of aromatic nitrogens is 1. The molecule has 0 radical (unpaired) electrons. The Morgan fingerprint density at radius 1 is 1.62 bits per heavy atom. The van der Waals surface area contributed by atoms with Crippen LogP contribution in [0.25, 0.3) is 0 Å². The van der Waals surface area contributed by atoms with E-state index in [0.717, 1.165) is 0 Å². The van der Waals surface area contributed by atoms with Gasteiger partial charge in [-0.15, -0.1) is 0 Å². The Bertz CT molecular complexity index is 422. The number of carbonyl (C=O) groups excluding carboxylic acids is 1. The van der Waals surface area contributed by atoms with Crippen LogP contribution in [0.1, 0.15) is 5.69 Å². The molecule has 0 saturated heterocycles. The van der Waals surface area contributed by atoms with Gasteiger partial charge in [0.25, 0.3) is 11.7 Å². The van der Waals surface area contributed by atoms with Crippen molar-refractivity contribution in [3.8, 4) is 5.19 Å². The number of ether oxygens (including phenoxy) is 1. The number of thiazole rings is 1. The lowest BCUT2D eigenvalue weighted by Gasteiger charge is -1.90. The van der Waals surface area contributed by atoms with E-state index in [2.05, 4.69) is 9.72 Å². The van der Waals surface area contributed by atoms with Gasteiger partial charge in [0, 0.05) is 0 Å². The number of nitrogens with two attached hydrogens (primary N) is 1. The van der Waals surface area contributed by atoms with Crippen molar-refractivity contribution in [1.29, 1.82) is 0 Å². The van der Waals surface area contributed by atoms with Crippen LogP contribution in [0.4, 0.5) is 0 Å². The SMILES string of the molecule is Cc1nc(OC=O)sc1S(N)(=O)=O. The molecule has 0 aromatic carbocycles. The zero-order chi connectivity index (χ0) is 10.1. The van der Waals surface area contributed by atoms with Crippen LogP contribution in [0.2, 0.25) is 0 Å². The summed E-state index contributed by atoms with van der Waals surface area (Å²) in [5.41, 5.74) is 0.226. The Morgan fingerprint density at radius 3 is 2.62 bits per heavy atom. The highest BCUT2D eigenvalue weighted by molar-refractivity contribution is 7.91. The second-order valence-corrected chi connectivity index (χ2v) is 4.83. The highest BCUT2D eigenvalue weighted by atomic mass is 32.2. The monoisotopic (exact) mass is 222 g/mol. The van der Waals surface area contributed by atoms with Gasteiger partial charge in [0.1, 0.15) is 0 Å². The van der Waals surface area contributed by atoms with E-state index in [1.54, 1.807) is 0 Å². The van der Waals surface area contributed by atoms with Gasteiger partial charge in [-0.25, -0.2) is 18.5 Å². The van der Waals surface area contributed by atoms with Crippen LogP contribution in [-0.4, -0.2) is 19.9 Å².